The van der Waals surface area contributed by atoms with Crippen molar-refractivity contribution in [2.75, 3.05) is 12.3 Å². The van der Waals surface area contributed by atoms with Crippen LogP contribution in [0.4, 0.5) is 4.39 Å². The molecule has 2 heterocycles. The van der Waals surface area contributed by atoms with E-state index in [0.717, 1.165) is 31.1 Å². The van der Waals surface area contributed by atoms with Crippen LogP contribution in [0.25, 0.3) is 0 Å². The Kier molecular flexibility index (Phi) is 4.16. The van der Waals surface area contributed by atoms with Gasteiger partial charge in [-0.1, -0.05) is 12.1 Å². The number of nitrogens with one attached hydrogen (secondary N) is 1. The van der Waals surface area contributed by atoms with Gasteiger partial charge >= 0.3 is 0 Å². The van der Waals surface area contributed by atoms with Crippen molar-refractivity contribution in [3.05, 3.63) is 47.5 Å². The van der Waals surface area contributed by atoms with Gasteiger partial charge in [-0.05, 0) is 31.0 Å². The first-order chi connectivity index (χ1) is 11.0. The van der Waals surface area contributed by atoms with Crippen molar-refractivity contribution in [3.63, 3.8) is 0 Å². The fourth-order valence-electron chi connectivity index (χ4n) is 2.57. The summed E-state index contributed by atoms with van der Waals surface area (Å²) in [4.78, 5) is 11.6. The van der Waals surface area contributed by atoms with E-state index in [0.29, 0.717) is 0 Å². The highest BCUT2D eigenvalue weighted by Gasteiger charge is 2.20. The molecule has 1 N–H and O–H groups in total. The minimum Gasteiger partial charge on any atom is -0.350 e. The highest BCUT2D eigenvalue weighted by atomic mass is 32.2. The van der Waals surface area contributed by atoms with E-state index in [9.17, 15) is 17.6 Å². The molecule has 0 saturated carbocycles. The lowest BCUT2D eigenvalue weighted by atomic mass is 10.2. The number of fused-ring (bicyclic) bond motifs is 1. The lowest BCUT2D eigenvalue weighted by Crippen LogP contribution is -2.29. The van der Waals surface area contributed by atoms with Gasteiger partial charge in [-0.2, -0.15) is 5.10 Å². The third-order valence-corrected chi connectivity index (χ3v) is 5.47. The van der Waals surface area contributed by atoms with Gasteiger partial charge in [0.05, 0.1) is 5.75 Å². The predicted molar refractivity (Wildman–Crippen MR) is 81.3 cm³/mol. The number of carbonyl (C=O) groups is 1. The summed E-state index contributed by atoms with van der Waals surface area (Å²) in [5.74, 6) is -1.58. The second-order valence-corrected chi connectivity index (χ2v) is 7.43. The molecule has 1 aliphatic heterocycles. The highest BCUT2D eigenvalue weighted by Crippen LogP contribution is 2.16. The molecule has 2 aromatic rings. The normalized spacial score (nSPS) is 13.8. The van der Waals surface area contributed by atoms with Gasteiger partial charge < -0.3 is 5.32 Å². The SMILES string of the molecule is O=C(NCCS(=O)(=O)c1ccccc1F)c1cc2n(n1)CCC2. The maximum atomic E-state index is 13.5. The molecule has 8 heteroatoms. The van der Waals surface area contributed by atoms with Gasteiger partial charge in [0, 0.05) is 18.8 Å². The Labute approximate surface area is 133 Å². The number of aryl methyl sites for hydroxylation is 2. The van der Waals surface area contributed by atoms with Crippen molar-refractivity contribution in [1.29, 1.82) is 0 Å². The van der Waals surface area contributed by atoms with Crippen LogP contribution in [0.3, 0.4) is 0 Å². The Hall–Kier alpha value is -2.22. The molecule has 1 aromatic heterocycles. The molecule has 0 saturated heterocycles. The fourth-order valence-corrected chi connectivity index (χ4v) is 3.81. The van der Waals surface area contributed by atoms with E-state index in [1.165, 1.54) is 18.2 Å². The fraction of sp³-hybridized carbons (Fsp3) is 0.333. The van der Waals surface area contributed by atoms with Gasteiger partial charge in [-0.25, -0.2) is 12.8 Å². The topological polar surface area (TPSA) is 81.1 Å². The summed E-state index contributed by atoms with van der Waals surface area (Å²) in [7, 11) is -3.78. The molecule has 0 spiro atoms. The first kappa shape index (κ1) is 15.7. The van der Waals surface area contributed by atoms with E-state index in [4.69, 9.17) is 0 Å². The Bertz CT molecular complexity index is 824. The molecule has 0 fully saturated rings. The number of rotatable bonds is 5. The molecule has 0 aliphatic carbocycles. The third kappa shape index (κ3) is 3.26. The van der Waals surface area contributed by atoms with E-state index in [2.05, 4.69) is 10.4 Å². The summed E-state index contributed by atoms with van der Waals surface area (Å²) in [5, 5.41) is 6.69. The van der Waals surface area contributed by atoms with Crippen LogP contribution in [-0.2, 0) is 22.8 Å². The average molecular weight is 337 g/mol. The molecule has 0 unspecified atom stereocenters. The summed E-state index contributed by atoms with van der Waals surface area (Å²) < 4.78 is 39.5. The third-order valence-electron chi connectivity index (χ3n) is 3.73. The Balaban J connectivity index is 1.60. The van der Waals surface area contributed by atoms with E-state index < -0.39 is 21.6 Å². The van der Waals surface area contributed by atoms with E-state index >= 15 is 0 Å². The second-order valence-electron chi connectivity index (χ2n) is 5.35. The van der Waals surface area contributed by atoms with Crippen LogP contribution in [0.15, 0.2) is 35.2 Å². The van der Waals surface area contributed by atoms with Crippen LogP contribution < -0.4 is 5.32 Å². The van der Waals surface area contributed by atoms with Crippen molar-refractivity contribution < 1.29 is 17.6 Å². The van der Waals surface area contributed by atoms with E-state index in [1.807, 2.05) is 0 Å². The number of benzene rings is 1. The summed E-state index contributed by atoms with van der Waals surface area (Å²) in [6.07, 6.45) is 1.91. The van der Waals surface area contributed by atoms with Crippen molar-refractivity contribution in [1.82, 2.24) is 15.1 Å². The van der Waals surface area contributed by atoms with Gasteiger partial charge in [-0.15, -0.1) is 0 Å². The number of sulfone groups is 1. The average Bonchev–Trinajstić information content (AvgIpc) is 3.08. The largest absolute Gasteiger partial charge is 0.350 e. The first-order valence-corrected chi connectivity index (χ1v) is 8.95. The van der Waals surface area contributed by atoms with E-state index in [-0.39, 0.29) is 22.9 Å². The molecule has 0 bridgehead atoms. The summed E-state index contributed by atoms with van der Waals surface area (Å²) >= 11 is 0. The second kappa shape index (κ2) is 6.11. The zero-order chi connectivity index (χ0) is 16.4. The number of aromatic nitrogens is 2. The van der Waals surface area contributed by atoms with Gasteiger partial charge in [0.2, 0.25) is 0 Å². The maximum Gasteiger partial charge on any atom is 0.271 e. The zero-order valence-corrected chi connectivity index (χ0v) is 13.1. The Morgan fingerprint density at radius 3 is 2.87 bits per heavy atom. The van der Waals surface area contributed by atoms with Crippen LogP contribution in [0.1, 0.15) is 22.6 Å². The molecule has 23 heavy (non-hydrogen) atoms. The highest BCUT2D eigenvalue weighted by molar-refractivity contribution is 7.91. The molecule has 0 atom stereocenters. The minimum absolute atomic E-state index is 0.0995. The number of halogens is 1. The number of carbonyl (C=O) groups excluding carboxylic acids is 1. The van der Waals surface area contributed by atoms with Crippen LogP contribution in [0, 0.1) is 5.82 Å². The van der Waals surface area contributed by atoms with Crippen LogP contribution in [0.2, 0.25) is 0 Å². The summed E-state index contributed by atoms with van der Waals surface area (Å²) in [6, 6.07) is 6.91. The van der Waals surface area contributed by atoms with Crippen LogP contribution in [0.5, 0.6) is 0 Å². The molecule has 1 aromatic carbocycles. The number of amides is 1. The molecular weight excluding hydrogens is 321 g/mol. The predicted octanol–water partition coefficient (Wildman–Crippen LogP) is 1.17. The Morgan fingerprint density at radius 2 is 2.13 bits per heavy atom. The number of hydrogen-bond donors (Lipinski definition) is 1. The monoisotopic (exact) mass is 337 g/mol. The Morgan fingerprint density at radius 1 is 1.35 bits per heavy atom. The van der Waals surface area contributed by atoms with Gasteiger partial charge in [0.1, 0.15) is 16.4 Å². The van der Waals surface area contributed by atoms with Crippen molar-refractivity contribution in [3.8, 4) is 0 Å². The summed E-state index contributed by atoms with van der Waals surface area (Å²) in [5.41, 5.74) is 1.29. The van der Waals surface area contributed by atoms with Gasteiger partial charge in [0.25, 0.3) is 5.91 Å². The summed E-state index contributed by atoms with van der Waals surface area (Å²) in [6.45, 7) is 0.696. The minimum atomic E-state index is -3.78. The first-order valence-electron chi connectivity index (χ1n) is 7.29. The molecular formula is C15H16FN3O3S. The molecule has 1 aliphatic rings. The molecule has 0 radical (unpaired) electrons. The smallest absolute Gasteiger partial charge is 0.271 e. The lowest BCUT2D eigenvalue weighted by Gasteiger charge is -2.06. The maximum absolute atomic E-state index is 13.5. The van der Waals surface area contributed by atoms with E-state index in [1.54, 1.807) is 10.7 Å². The number of nitrogens with zero attached hydrogens (tertiary/aromatic N) is 2. The molecule has 6 nitrogen and oxygen atoms in total. The van der Waals surface area contributed by atoms with Crippen molar-refractivity contribution in [2.24, 2.45) is 0 Å². The standard InChI is InChI=1S/C15H16FN3O3S/c16-12-5-1-2-6-14(12)23(21,22)9-7-17-15(20)13-10-11-4-3-8-19(11)18-13/h1-2,5-6,10H,3-4,7-9H2,(H,17,20). The lowest BCUT2D eigenvalue weighted by molar-refractivity contribution is 0.0950. The molecule has 1 amide bonds. The quantitative estimate of drug-likeness (QED) is 0.888. The van der Waals surface area contributed by atoms with Crippen molar-refractivity contribution >= 4 is 15.7 Å². The zero-order valence-electron chi connectivity index (χ0n) is 12.3. The van der Waals surface area contributed by atoms with Crippen molar-refractivity contribution in [2.45, 2.75) is 24.3 Å². The molecule has 3 rings (SSSR count). The van der Waals surface area contributed by atoms with Gasteiger partial charge in [0.15, 0.2) is 9.84 Å². The van der Waals surface area contributed by atoms with Gasteiger partial charge in [-0.3, -0.25) is 9.48 Å². The van der Waals surface area contributed by atoms with Crippen LogP contribution >= 0.6 is 0 Å². The molecule has 122 valence electrons. The van der Waals surface area contributed by atoms with Crippen LogP contribution in [-0.4, -0.2) is 36.4 Å². The number of hydrogen-bond acceptors (Lipinski definition) is 4.